The zero-order valence-electron chi connectivity index (χ0n) is 13.5. The molecule has 0 amide bonds. The number of nitrogens with zero attached hydrogens (tertiary/aromatic N) is 2. The molecule has 1 aliphatic heterocycles. The lowest BCUT2D eigenvalue weighted by Gasteiger charge is -2.12. The van der Waals surface area contributed by atoms with E-state index in [1.807, 2.05) is 32.1 Å². The van der Waals surface area contributed by atoms with E-state index in [0.717, 1.165) is 17.0 Å². The summed E-state index contributed by atoms with van der Waals surface area (Å²) in [6, 6.07) is 1.86. The summed E-state index contributed by atoms with van der Waals surface area (Å²) in [5, 5.41) is 12.4. The van der Waals surface area contributed by atoms with Crippen molar-refractivity contribution in [2.75, 3.05) is 11.9 Å². The molecule has 0 bridgehead atoms. The quantitative estimate of drug-likeness (QED) is 0.601. The Hall–Kier alpha value is -2.18. The Morgan fingerprint density at radius 3 is 2.96 bits per heavy atom. The maximum Gasteiger partial charge on any atom is 0.157 e. The Labute approximate surface area is 136 Å². The third-order valence-electron chi connectivity index (χ3n) is 3.91. The number of anilines is 1. The Morgan fingerprint density at radius 1 is 1.39 bits per heavy atom. The van der Waals surface area contributed by atoms with Gasteiger partial charge in [0.25, 0.3) is 0 Å². The fraction of sp³-hybridized carbons (Fsp3) is 0.412. The maximum atomic E-state index is 9.03. The molecule has 6 nitrogen and oxygen atoms in total. The van der Waals surface area contributed by atoms with Gasteiger partial charge in [-0.15, -0.1) is 0 Å². The number of aromatic nitrogens is 2. The van der Waals surface area contributed by atoms with E-state index >= 15 is 0 Å². The van der Waals surface area contributed by atoms with E-state index in [0.29, 0.717) is 11.7 Å². The molecule has 1 unspecified atom stereocenters. The van der Waals surface area contributed by atoms with Gasteiger partial charge in [0.05, 0.1) is 6.61 Å². The number of nitrogens with one attached hydrogen (secondary N) is 3. The topological polar surface area (TPSA) is 82.1 Å². The largest absolute Gasteiger partial charge is 0.392 e. The molecular formula is C17H23N5O. The third-order valence-corrected chi connectivity index (χ3v) is 3.91. The number of aliphatic hydroxyl groups is 1. The second-order valence-corrected chi connectivity index (χ2v) is 6.07. The number of rotatable bonds is 6. The van der Waals surface area contributed by atoms with Crippen LogP contribution in [0.4, 0.5) is 5.82 Å². The molecule has 1 aliphatic carbocycles. The molecule has 0 saturated heterocycles. The van der Waals surface area contributed by atoms with Crippen molar-refractivity contribution < 1.29 is 5.11 Å². The smallest absolute Gasteiger partial charge is 0.157 e. The molecule has 3 rings (SSSR count). The van der Waals surface area contributed by atoms with Crippen LogP contribution >= 0.6 is 0 Å². The standard InChI is InChI=1S/C17H23N5O/c1-11(10-23)3-4-12(2)17-18-8-7-15(20-17)19-16-9-14(21-22-16)13-5-6-13/h3-4,7-9,13,16,21-23H,5-6,10H2,1-2H3,(H,18,19,20)/b11-3+,12-4+. The van der Waals surface area contributed by atoms with Crippen LogP contribution in [0.2, 0.25) is 0 Å². The Bertz CT molecular complexity index is 661. The van der Waals surface area contributed by atoms with E-state index < -0.39 is 0 Å². The van der Waals surface area contributed by atoms with Crippen LogP contribution in [-0.2, 0) is 0 Å². The molecule has 4 N–H and O–H groups in total. The second-order valence-electron chi connectivity index (χ2n) is 6.07. The minimum atomic E-state index is 0.0363. The number of hydrogen-bond acceptors (Lipinski definition) is 6. The van der Waals surface area contributed by atoms with Crippen molar-refractivity contribution in [2.45, 2.75) is 32.9 Å². The predicted molar refractivity (Wildman–Crippen MR) is 91.0 cm³/mol. The molecule has 1 fully saturated rings. The summed E-state index contributed by atoms with van der Waals surface area (Å²) in [4.78, 5) is 8.85. The highest BCUT2D eigenvalue weighted by molar-refractivity contribution is 5.60. The van der Waals surface area contributed by atoms with Gasteiger partial charge in [-0.3, -0.25) is 0 Å². The summed E-state index contributed by atoms with van der Waals surface area (Å²) in [5.41, 5.74) is 9.56. The summed E-state index contributed by atoms with van der Waals surface area (Å²) in [7, 11) is 0. The van der Waals surface area contributed by atoms with Crippen LogP contribution in [-0.4, -0.2) is 27.8 Å². The summed E-state index contributed by atoms with van der Waals surface area (Å²) in [6.07, 6.45) is 10.3. The molecular weight excluding hydrogens is 290 g/mol. The molecule has 6 heteroatoms. The van der Waals surface area contributed by atoms with Gasteiger partial charge < -0.3 is 15.8 Å². The fourth-order valence-corrected chi connectivity index (χ4v) is 2.32. The van der Waals surface area contributed by atoms with Crippen molar-refractivity contribution in [3.05, 3.63) is 47.6 Å². The van der Waals surface area contributed by atoms with Gasteiger partial charge in [0, 0.05) is 11.9 Å². The van der Waals surface area contributed by atoms with Gasteiger partial charge in [0.2, 0.25) is 0 Å². The number of allylic oxidation sites excluding steroid dienone is 4. The average molecular weight is 313 g/mol. The van der Waals surface area contributed by atoms with Crippen molar-refractivity contribution in [1.82, 2.24) is 20.8 Å². The summed E-state index contributed by atoms with van der Waals surface area (Å²) >= 11 is 0. The van der Waals surface area contributed by atoms with E-state index in [1.54, 1.807) is 6.20 Å². The number of aliphatic hydroxyl groups excluding tert-OH is 1. The van der Waals surface area contributed by atoms with Gasteiger partial charge in [-0.2, -0.15) is 0 Å². The van der Waals surface area contributed by atoms with Gasteiger partial charge in [-0.1, -0.05) is 12.2 Å². The first-order valence-electron chi connectivity index (χ1n) is 7.94. The Kier molecular flexibility index (Phi) is 4.73. The summed E-state index contributed by atoms with van der Waals surface area (Å²) in [5.74, 6) is 2.15. The highest BCUT2D eigenvalue weighted by Gasteiger charge is 2.29. The number of hydrogen-bond donors (Lipinski definition) is 4. The normalized spacial score (nSPS) is 21.9. The van der Waals surface area contributed by atoms with Crippen LogP contribution in [0, 0.1) is 5.92 Å². The van der Waals surface area contributed by atoms with Crippen LogP contribution in [0.1, 0.15) is 32.5 Å². The van der Waals surface area contributed by atoms with Crippen molar-refractivity contribution >= 4 is 11.4 Å². The zero-order valence-corrected chi connectivity index (χ0v) is 13.5. The molecule has 122 valence electrons. The fourth-order valence-electron chi connectivity index (χ4n) is 2.32. The van der Waals surface area contributed by atoms with Crippen LogP contribution in [0.5, 0.6) is 0 Å². The van der Waals surface area contributed by atoms with E-state index in [1.165, 1.54) is 18.5 Å². The van der Waals surface area contributed by atoms with Gasteiger partial charge in [0.1, 0.15) is 12.0 Å². The number of hydrazine groups is 1. The molecule has 1 atom stereocenters. The minimum Gasteiger partial charge on any atom is -0.392 e. The van der Waals surface area contributed by atoms with E-state index in [-0.39, 0.29) is 12.8 Å². The molecule has 1 aromatic heterocycles. The molecule has 2 aliphatic rings. The summed E-state index contributed by atoms with van der Waals surface area (Å²) in [6.45, 7) is 3.90. The van der Waals surface area contributed by atoms with Crippen LogP contribution in [0.25, 0.3) is 5.57 Å². The highest BCUT2D eigenvalue weighted by atomic mass is 16.3. The lowest BCUT2D eigenvalue weighted by molar-refractivity contribution is 0.331. The molecule has 23 heavy (non-hydrogen) atoms. The van der Waals surface area contributed by atoms with E-state index in [2.05, 4.69) is 32.2 Å². The van der Waals surface area contributed by atoms with Crippen LogP contribution in [0.3, 0.4) is 0 Å². The average Bonchev–Trinajstić information content (AvgIpc) is 3.32. The molecule has 0 spiro atoms. The first kappa shape index (κ1) is 15.7. The van der Waals surface area contributed by atoms with Crippen molar-refractivity contribution in [3.63, 3.8) is 0 Å². The SMILES string of the molecule is C/C(=C\C=C(/C)c1nccc(NC2C=C(C3CC3)NN2)n1)CO. The Balaban J connectivity index is 1.68. The lowest BCUT2D eigenvalue weighted by atomic mass is 10.2. The molecule has 0 radical (unpaired) electrons. The second kappa shape index (κ2) is 6.93. The van der Waals surface area contributed by atoms with Gasteiger partial charge in [0.15, 0.2) is 5.82 Å². The first-order valence-corrected chi connectivity index (χ1v) is 7.94. The van der Waals surface area contributed by atoms with Crippen molar-refractivity contribution in [1.29, 1.82) is 0 Å². The molecule has 1 aromatic rings. The minimum absolute atomic E-state index is 0.0363. The molecule has 0 aromatic carbocycles. The van der Waals surface area contributed by atoms with Gasteiger partial charge in [-0.05, 0) is 55.9 Å². The molecule has 1 saturated carbocycles. The summed E-state index contributed by atoms with van der Waals surface area (Å²) < 4.78 is 0. The van der Waals surface area contributed by atoms with Crippen LogP contribution in [0.15, 0.2) is 41.8 Å². The maximum absolute atomic E-state index is 9.03. The van der Waals surface area contributed by atoms with Crippen molar-refractivity contribution in [2.24, 2.45) is 5.92 Å². The van der Waals surface area contributed by atoms with E-state index in [9.17, 15) is 0 Å². The predicted octanol–water partition coefficient (Wildman–Crippen LogP) is 1.96. The lowest BCUT2D eigenvalue weighted by Crippen LogP contribution is -2.37. The zero-order chi connectivity index (χ0) is 16.2. The van der Waals surface area contributed by atoms with Crippen molar-refractivity contribution in [3.8, 4) is 0 Å². The van der Waals surface area contributed by atoms with Gasteiger partial charge >= 0.3 is 0 Å². The van der Waals surface area contributed by atoms with Crippen LogP contribution < -0.4 is 16.2 Å². The Morgan fingerprint density at radius 2 is 2.22 bits per heavy atom. The highest BCUT2D eigenvalue weighted by Crippen LogP contribution is 2.35. The third kappa shape index (κ3) is 4.18. The van der Waals surface area contributed by atoms with E-state index in [4.69, 9.17) is 5.11 Å². The molecule has 2 heterocycles. The van der Waals surface area contributed by atoms with Gasteiger partial charge in [-0.25, -0.2) is 15.4 Å². The first-order chi connectivity index (χ1) is 11.2. The monoisotopic (exact) mass is 313 g/mol.